The predicted octanol–water partition coefficient (Wildman–Crippen LogP) is 5.04. The third-order valence-corrected chi connectivity index (χ3v) is 8.31. The van der Waals surface area contributed by atoms with E-state index in [1.54, 1.807) is 5.57 Å². The van der Waals surface area contributed by atoms with Crippen LogP contribution in [-0.4, -0.2) is 46.7 Å². The summed E-state index contributed by atoms with van der Waals surface area (Å²) in [5.74, 6) is 1.48. The molecule has 2 aliphatic heterocycles. The normalized spacial score (nSPS) is 32.6. The first kappa shape index (κ1) is 23.2. The summed E-state index contributed by atoms with van der Waals surface area (Å²) >= 11 is 0. The van der Waals surface area contributed by atoms with Crippen molar-refractivity contribution in [3.8, 4) is 0 Å². The summed E-state index contributed by atoms with van der Waals surface area (Å²) in [6.07, 6.45) is 26.0. The molecule has 4 atom stereocenters. The molecule has 0 aromatic carbocycles. The minimum atomic E-state index is -1.14. The van der Waals surface area contributed by atoms with E-state index in [0.29, 0.717) is 30.6 Å². The Morgan fingerprint density at radius 3 is 2.65 bits per heavy atom. The van der Waals surface area contributed by atoms with Crippen molar-refractivity contribution < 1.29 is 10.2 Å². The van der Waals surface area contributed by atoms with Crippen LogP contribution in [0, 0.1) is 11.8 Å². The van der Waals surface area contributed by atoms with E-state index in [9.17, 15) is 0 Å². The lowest BCUT2D eigenvalue weighted by Gasteiger charge is -2.49. The summed E-state index contributed by atoms with van der Waals surface area (Å²) in [5, 5.41) is 22.2. The van der Waals surface area contributed by atoms with E-state index >= 15 is 0 Å². The average Bonchev–Trinajstić information content (AvgIpc) is 2.80. The number of fused-ring (bicyclic) bond motifs is 1. The van der Waals surface area contributed by atoms with Gasteiger partial charge in [-0.2, -0.15) is 0 Å². The minimum absolute atomic E-state index is 0.374. The Bertz CT molecular complexity index is 662. The number of hydrogen-bond acceptors (Lipinski definition) is 4. The molecule has 4 nitrogen and oxygen atoms in total. The highest BCUT2D eigenvalue weighted by Crippen LogP contribution is 2.41. The quantitative estimate of drug-likeness (QED) is 0.288. The Hall–Kier alpha value is -0.940. The van der Waals surface area contributed by atoms with E-state index in [-0.39, 0.29) is 0 Å². The van der Waals surface area contributed by atoms with Crippen LogP contribution in [-0.2, 0) is 0 Å². The molecule has 2 fully saturated rings. The minimum Gasteiger partial charge on any atom is -0.368 e. The molecule has 2 heterocycles. The first-order valence-corrected chi connectivity index (χ1v) is 13.0. The van der Waals surface area contributed by atoms with Crippen LogP contribution >= 0.6 is 0 Å². The second kappa shape index (κ2) is 11.3. The summed E-state index contributed by atoms with van der Waals surface area (Å²) in [7, 11) is 2.32. The molecule has 3 N–H and O–H groups in total. The third kappa shape index (κ3) is 5.90. The number of hydrogen-bond donors (Lipinski definition) is 3. The SMILES string of the molecule is CN1C(CCCCCC(O)O)CCC2=CC(C3CCCCC3)C(C3=CCCC=C3)NC21. The Kier molecular flexibility index (Phi) is 8.44. The maximum atomic E-state index is 9.04. The van der Waals surface area contributed by atoms with Gasteiger partial charge in [0.2, 0.25) is 0 Å². The molecule has 2 aliphatic carbocycles. The molecule has 0 spiro atoms. The second-order valence-corrected chi connectivity index (χ2v) is 10.4. The monoisotopic (exact) mass is 428 g/mol. The number of nitrogens with one attached hydrogen (secondary N) is 1. The van der Waals surface area contributed by atoms with Gasteiger partial charge in [0.1, 0.15) is 0 Å². The lowest BCUT2D eigenvalue weighted by molar-refractivity contribution is -0.0466. The number of unbranched alkanes of at least 4 members (excludes halogenated alkanes) is 2. The molecule has 1 saturated heterocycles. The topological polar surface area (TPSA) is 55.7 Å². The molecule has 4 heteroatoms. The van der Waals surface area contributed by atoms with Crippen molar-refractivity contribution in [1.29, 1.82) is 0 Å². The van der Waals surface area contributed by atoms with Crippen molar-refractivity contribution in [2.45, 2.75) is 114 Å². The summed E-state index contributed by atoms with van der Waals surface area (Å²) in [4.78, 5) is 2.60. The van der Waals surface area contributed by atoms with Gasteiger partial charge in [-0.3, -0.25) is 10.2 Å². The molecule has 4 unspecified atom stereocenters. The highest BCUT2D eigenvalue weighted by Gasteiger charge is 2.41. The molecule has 4 aliphatic rings. The Morgan fingerprint density at radius 2 is 1.90 bits per heavy atom. The fourth-order valence-electron chi connectivity index (χ4n) is 6.51. The fraction of sp³-hybridized carbons (Fsp3) is 0.778. The van der Waals surface area contributed by atoms with Crippen molar-refractivity contribution in [3.05, 3.63) is 35.5 Å². The van der Waals surface area contributed by atoms with Gasteiger partial charge in [0.15, 0.2) is 6.29 Å². The van der Waals surface area contributed by atoms with Gasteiger partial charge in [-0.1, -0.05) is 56.4 Å². The number of nitrogens with zero attached hydrogens (tertiary/aromatic N) is 1. The summed E-state index contributed by atoms with van der Waals surface area (Å²) in [6, 6.07) is 1.08. The zero-order chi connectivity index (χ0) is 21.6. The molecule has 0 aromatic rings. The van der Waals surface area contributed by atoms with Crippen LogP contribution in [0.5, 0.6) is 0 Å². The summed E-state index contributed by atoms with van der Waals surface area (Å²) in [6.45, 7) is 0. The Morgan fingerprint density at radius 1 is 1.06 bits per heavy atom. The molecular weight excluding hydrogens is 384 g/mol. The standard InChI is InChI=1S/C27H44N2O2/c1-29-23(15-9-4-10-16-25(30)31)18-17-22-19-24(20-11-5-2-6-12-20)26(28-27(22)29)21-13-7-3-8-14-21/h7,13-14,19-20,23-28,30-31H,2-6,8-12,15-18H2,1H3. The van der Waals surface area contributed by atoms with Gasteiger partial charge in [-0.05, 0) is 87.8 Å². The van der Waals surface area contributed by atoms with Crippen LogP contribution in [0.25, 0.3) is 0 Å². The van der Waals surface area contributed by atoms with Gasteiger partial charge in [-0.15, -0.1) is 0 Å². The molecule has 0 radical (unpaired) electrons. The molecule has 1 saturated carbocycles. The highest BCUT2D eigenvalue weighted by atomic mass is 16.5. The molecule has 0 aromatic heterocycles. The first-order chi connectivity index (χ1) is 15.1. The average molecular weight is 429 g/mol. The molecular formula is C27H44N2O2. The molecule has 0 bridgehead atoms. The highest BCUT2D eigenvalue weighted by molar-refractivity contribution is 5.34. The zero-order valence-corrected chi connectivity index (χ0v) is 19.5. The van der Waals surface area contributed by atoms with Crippen LogP contribution < -0.4 is 5.32 Å². The predicted molar refractivity (Wildman–Crippen MR) is 127 cm³/mol. The van der Waals surface area contributed by atoms with Crippen LogP contribution in [0.2, 0.25) is 0 Å². The number of allylic oxidation sites excluding steroid dienone is 2. The Labute approximate surface area is 189 Å². The lowest BCUT2D eigenvalue weighted by atomic mass is 9.71. The number of aliphatic hydroxyl groups excluding tert-OH is 1. The first-order valence-electron chi connectivity index (χ1n) is 13.0. The van der Waals surface area contributed by atoms with Crippen molar-refractivity contribution in [2.75, 3.05) is 7.05 Å². The van der Waals surface area contributed by atoms with Gasteiger partial charge in [0, 0.05) is 12.1 Å². The molecule has 31 heavy (non-hydrogen) atoms. The van der Waals surface area contributed by atoms with Gasteiger partial charge in [-0.25, -0.2) is 0 Å². The number of rotatable bonds is 8. The Balaban J connectivity index is 1.43. The molecule has 4 rings (SSSR count). The van der Waals surface area contributed by atoms with Crippen molar-refractivity contribution >= 4 is 0 Å². The van der Waals surface area contributed by atoms with E-state index in [2.05, 4.69) is 41.6 Å². The summed E-state index contributed by atoms with van der Waals surface area (Å²) < 4.78 is 0. The van der Waals surface area contributed by atoms with Gasteiger partial charge in [0.05, 0.1) is 6.17 Å². The number of aliphatic hydroxyl groups is 2. The third-order valence-electron chi connectivity index (χ3n) is 8.31. The van der Waals surface area contributed by atoms with Crippen LogP contribution in [0.15, 0.2) is 35.5 Å². The van der Waals surface area contributed by atoms with E-state index < -0.39 is 6.29 Å². The van der Waals surface area contributed by atoms with Gasteiger partial charge < -0.3 is 10.2 Å². The zero-order valence-electron chi connectivity index (χ0n) is 19.5. The van der Waals surface area contributed by atoms with Crippen molar-refractivity contribution in [3.63, 3.8) is 0 Å². The largest absolute Gasteiger partial charge is 0.368 e. The van der Waals surface area contributed by atoms with Crippen LogP contribution in [0.4, 0.5) is 0 Å². The van der Waals surface area contributed by atoms with Gasteiger partial charge >= 0.3 is 0 Å². The van der Waals surface area contributed by atoms with Crippen LogP contribution in [0.3, 0.4) is 0 Å². The van der Waals surface area contributed by atoms with Gasteiger partial charge in [0.25, 0.3) is 0 Å². The maximum Gasteiger partial charge on any atom is 0.151 e. The smallest absolute Gasteiger partial charge is 0.151 e. The second-order valence-electron chi connectivity index (χ2n) is 10.4. The van der Waals surface area contributed by atoms with Crippen molar-refractivity contribution in [2.24, 2.45) is 11.8 Å². The number of likely N-dealkylation sites (tertiary alicyclic amines) is 1. The fourth-order valence-corrected chi connectivity index (χ4v) is 6.51. The molecule has 174 valence electrons. The van der Waals surface area contributed by atoms with Crippen molar-refractivity contribution in [1.82, 2.24) is 10.2 Å². The van der Waals surface area contributed by atoms with E-state index in [1.807, 2.05) is 0 Å². The summed E-state index contributed by atoms with van der Waals surface area (Å²) in [5.41, 5.74) is 3.16. The number of likely N-dealkylation sites (N-methyl/N-ethyl adjacent to an activating group) is 1. The van der Waals surface area contributed by atoms with E-state index in [0.717, 1.165) is 18.8 Å². The lowest BCUT2D eigenvalue weighted by Crippen LogP contribution is -2.60. The van der Waals surface area contributed by atoms with E-state index in [4.69, 9.17) is 10.2 Å². The maximum absolute atomic E-state index is 9.04. The van der Waals surface area contributed by atoms with E-state index in [1.165, 1.54) is 76.2 Å². The molecule has 0 amide bonds. The number of piperidine rings is 1. The van der Waals surface area contributed by atoms with Crippen LogP contribution in [0.1, 0.15) is 89.9 Å².